The van der Waals surface area contributed by atoms with E-state index in [1.165, 1.54) is 17.4 Å². The van der Waals surface area contributed by atoms with Crippen LogP contribution >= 0.6 is 11.8 Å². The number of methoxy groups -OCH3 is 1. The first kappa shape index (κ1) is 21.0. The van der Waals surface area contributed by atoms with Gasteiger partial charge in [-0.05, 0) is 24.3 Å². The lowest BCUT2D eigenvalue weighted by Crippen LogP contribution is -2.46. The van der Waals surface area contributed by atoms with E-state index in [1.807, 2.05) is 36.4 Å². The van der Waals surface area contributed by atoms with Gasteiger partial charge in [0.05, 0.1) is 18.6 Å². The first-order chi connectivity index (χ1) is 15.2. The van der Waals surface area contributed by atoms with Gasteiger partial charge in [0.1, 0.15) is 22.9 Å². The fourth-order valence-corrected chi connectivity index (χ4v) is 4.15. The van der Waals surface area contributed by atoms with E-state index in [0.717, 1.165) is 37.0 Å². The van der Waals surface area contributed by atoms with Gasteiger partial charge in [-0.25, -0.2) is 9.97 Å². The molecule has 3 aromatic rings. The van der Waals surface area contributed by atoms with Crippen molar-refractivity contribution < 1.29 is 9.53 Å². The van der Waals surface area contributed by atoms with Crippen molar-refractivity contribution in [3.63, 3.8) is 0 Å². The number of piperazine rings is 1. The van der Waals surface area contributed by atoms with Crippen LogP contribution in [0, 0.1) is 0 Å². The number of benzene rings is 2. The summed E-state index contributed by atoms with van der Waals surface area (Å²) in [6.45, 7) is 3.67. The minimum atomic E-state index is -0.105. The highest BCUT2D eigenvalue weighted by Crippen LogP contribution is 2.25. The smallest absolute Gasteiger partial charge is 0.234 e. The molecule has 1 amide bonds. The predicted molar refractivity (Wildman–Crippen MR) is 125 cm³/mol. The van der Waals surface area contributed by atoms with Crippen molar-refractivity contribution in [3.05, 3.63) is 67.0 Å². The van der Waals surface area contributed by atoms with Crippen LogP contribution in [0.1, 0.15) is 0 Å². The van der Waals surface area contributed by atoms with E-state index in [-0.39, 0.29) is 11.7 Å². The molecule has 4 rings (SSSR count). The second kappa shape index (κ2) is 10.2. The molecular weight excluding hydrogens is 410 g/mol. The van der Waals surface area contributed by atoms with Gasteiger partial charge >= 0.3 is 0 Å². The summed E-state index contributed by atoms with van der Waals surface area (Å²) in [6, 6.07) is 19.8. The van der Waals surface area contributed by atoms with Crippen LogP contribution in [0.2, 0.25) is 0 Å². The molecule has 1 saturated heterocycles. The Balaban J connectivity index is 1.31. The number of para-hydroxylation sites is 3. The molecule has 1 aliphatic rings. The average molecular weight is 436 g/mol. The summed E-state index contributed by atoms with van der Waals surface area (Å²) in [4.78, 5) is 25.8. The van der Waals surface area contributed by atoms with Gasteiger partial charge in [-0.3, -0.25) is 4.79 Å². The number of ether oxygens (including phenoxy) is 1. The molecule has 0 radical (unpaired) electrons. The van der Waals surface area contributed by atoms with Crippen LogP contribution in [0.25, 0.3) is 0 Å². The Hall–Kier alpha value is -3.26. The van der Waals surface area contributed by atoms with E-state index < -0.39 is 0 Å². The fourth-order valence-electron chi connectivity index (χ4n) is 3.49. The standard InChI is InChI=1S/C23H25N5O2S/c1-30-20-10-6-5-9-19(20)26-22(29)16-31-23-15-21(24-17-25-23)28-13-11-27(12-14-28)18-7-3-2-4-8-18/h2-10,15,17H,11-14,16H2,1H3,(H,26,29). The fraction of sp³-hybridized carbons (Fsp3) is 0.261. The lowest BCUT2D eigenvalue weighted by molar-refractivity contribution is -0.113. The molecule has 8 heteroatoms. The molecule has 0 spiro atoms. The summed E-state index contributed by atoms with van der Waals surface area (Å²) >= 11 is 1.40. The first-order valence-electron chi connectivity index (χ1n) is 10.2. The number of hydrogen-bond donors (Lipinski definition) is 1. The molecule has 0 saturated carbocycles. The molecule has 2 heterocycles. The summed E-state index contributed by atoms with van der Waals surface area (Å²) in [6.07, 6.45) is 1.57. The number of nitrogens with zero attached hydrogens (tertiary/aromatic N) is 4. The predicted octanol–water partition coefficient (Wildman–Crippen LogP) is 3.54. The average Bonchev–Trinajstić information content (AvgIpc) is 2.84. The Bertz CT molecular complexity index is 1010. The van der Waals surface area contributed by atoms with Crippen LogP contribution in [0.5, 0.6) is 5.75 Å². The highest BCUT2D eigenvalue weighted by atomic mass is 32.2. The van der Waals surface area contributed by atoms with Gasteiger partial charge in [-0.15, -0.1) is 0 Å². The van der Waals surface area contributed by atoms with Gasteiger partial charge in [-0.2, -0.15) is 0 Å². The molecule has 31 heavy (non-hydrogen) atoms. The van der Waals surface area contributed by atoms with E-state index >= 15 is 0 Å². The van der Waals surface area contributed by atoms with Crippen molar-refractivity contribution in [2.75, 3.05) is 54.2 Å². The Morgan fingerprint density at radius 3 is 2.48 bits per heavy atom. The topological polar surface area (TPSA) is 70.6 Å². The number of thioether (sulfide) groups is 1. The zero-order chi connectivity index (χ0) is 21.5. The van der Waals surface area contributed by atoms with Crippen molar-refractivity contribution in [1.82, 2.24) is 9.97 Å². The highest BCUT2D eigenvalue weighted by molar-refractivity contribution is 7.99. The van der Waals surface area contributed by atoms with E-state index in [0.29, 0.717) is 11.4 Å². The van der Waals surface area contributed by atoms with Gasteiger partial charge in [0.2, 0.25) is 5.91 Å². The third-order valence-corrected chi connectivity index (χ3v) is 6.01. The number of carbonyl (C=O) groups is 1. The lowest BCUT2D eigenvalue weighted by atomic mass is 10.2. The van der Waals surface area contributed by atoms with E-state index in [2.05, 4.69) is 49.4 Å². The van der Waals surface area contributed by atoms with Gasteiger partial charge in [0.15, 0.2) is 0 Å². The van der Waals surface area contributed by atoms with Gasteiger partial charge in [0, 0.05) is 37.9 Å². The largest absolute Gasteiger partial charge is 0.495 e. The monoisotopic (exact) mass is 435 g/mol. The summed E-state index contributed by atoms with van der Waals surface area (Å²) in [5.74, 6) is 1.69. The Labute approximate surface area is 186 Å². The van der Waals surface area contributed by atoms with E-state index in [1.54, 1.807) is 13.4 Å². The Morgan fingerprint density at radius 1 is 1.00 bits per heavy atom. The minimum Gasteiger partial charge on any atom is -0.495 e. The second-order valence-electron chi connectivity index (χ2n) is 7.06. The maximum absolute atomic E-state index is 12.4. The molecule has 0 bridgehead atoms. The quantitative estimate of drug-likeness (QED) is 0.450. The molecule has 1 fully saturated rings. The number of amides is 1. The lowest BCUT2D eigenvalue weighted by Gasteiger charge is -2.36. The SMILES string of the molecule is COc1ccccc1NC(=O)CSc1cc(N2CCN(c3ccccc3)CC2)ncn1. The van der Waals surface area contributed by atoms with Crippen molar-refractivity contribution in [1.29, 1.82) is 0 Å². The Morgan fingerprint density at radius 2 is 1.71 bits per heavy atom. The number of aromatic nitrogens is 2. The second-order valence-corrected chi connectivity index (χ2v) is 8.06. The summed E-state index contributed by atoms with van der Waals surface area (Å²) in [5, 5.41) is 3.67. The van der Waals surface area contributed by atoms with Crippen molar-refractivity contribution in [2.45, 2.75) is 5.03 Å². The highest BCUT2D eigenvalue weighted by Gasteiger charge is 2.19. The van der Waals surface area contributed by atoms with Gasteiger partial charge in [0.25, 0.3) is 0 Å². The molecule has 0 aliphatic carbocycles. The summed E-state index contributed by atoms with van der Waals surface area (Å²) in [5.41, 5.74) is 1.91. The van der Waals surface area contributed by atoms with E-state index in [4.69, 9.17) is 4.74 Å². The van der Waals surface area contributed by atoms with Crippen LogP contribution in [-0.4, -0.2) is 54.9 Å². The number of rotatable bonds is 7. The molecule has 2 aromatic carbocycles. The van der Waals surface area contributed by atoms with Gasteiger partial charge in [-0.1, -0.05) is 42.1 Å². The zero-order valence-electron chi connectivity index (χ0n) is 17.4. The van der Waals surface area contributed by atoms with Crippen LogP contribution in [-0.2, 0) is 4.79 Å². The third-order valence-electron chi connectivity index (χ3n) is 5.08. The minimum absolute atomic E-state index is 0.105. The van der Waals surface area contributed by atoms with E-state index in [9.17, 15) is 4.79 Å². The van der Waals surface area contributed by atoms with Crippen LogP contribution in [0.3, 0.4) is 0 Å². The molecular formula is C23H25N5O2S. The third kappa shape index (κ3) is 5.46. The van der Waals surface area contributed by atoms with Crippen molar-refractivity contribution >= 4 is 34.9 Å². The molecule has 1 N–H and O–H groups in total. The van der Waals surface area contributed by atoms with Crippen LogP contribution in [0.15, 0.2) is 72.0 Å². The maximum atomic E-state index is 12.4. The van der Waals surface area contributed by atoms with Crippen LogP contribution < -0.4 is 19.9 Å². The number of anilines is 3. The Kier molecular flexibility index (Phi) is 6.89. The molecule has 160 valence electrons. The zero-order valence-corrected chi connectivity index (χ0v) is 18.2. The number of carbonyl (C=O) groups excluding carboxylic acids is 1. The van der Waals surface area contributed by atoms with Crippen molar-refractivity contribution in [2.24, 2.45) is 0 Å². The number of hydrogen-bond acceptors (Lipinski definition) is 7. The molecule has 7 nitrogen and oxygen atoms in total. The first-order valence-corrected chi connectivity index (χ1v) is 11.1. The molecule has 0 unspecified atom stereocenters. The van der Waals surface area contributed by atoms with Gasteiger partial charge < -0.3 is 19.9 Å². The normalized spacial score (nSPS) is 13.7. The summed E-state index contributed by atoms with van der Waals surface area (Å²) < 4.78 is 5.28. The van der Waals surface area contributed by atoms with Crippen molar-refractivity contribution in [3.8, 4) is 5.75 Å². The molecule has 0 atom stereocenters. The maximum Gasteiger partial charge on any atom is 0.234 e. The van der Waals surface area contributed by atoms with Crippen LogP contribution in [0.4, 0.5) is 17.2 Å². The molecule has 1 aromatic heterocycles. The molecule has 1 aliphatic heterocycles. The number of nitrogens with one attached hydrogen (secondary N) is 1. The summed E-state index contributed by atoms with van der Waals surface area (Å²) in [7, 11) is 1.59.